The van der Waals surface area contributed by atoms with Crippen LogP contribution in [-0.4, -0.2) is 65.6 Å². The number of nitrogens with one attached hydrogen (secondary N) is 1. The first kappa shape index (κ1) is 25.2. The average Bonchev–Trinajstić information content (AvgIpc) is 2.74. The molecule has 2 fully saturated rings. The van der Waals surface area contributed by atoms with Crippen LogP contribution in [0.3, 0.4) is 0 Å². The number of nitro groups is 1. The first-order valence-electron chi connectivity index (χ1n) is 9.16. The van der Waals surface area contributed by atoms with Gasteiger partial charge in [0.2, 0.25) is 3.79 Å². The van der Waals surface area contributed by atoms with E-state index >= 15 is 0 Å². The number of nitro benzene ring substituents is 1. The molecule has 0 spiro atoms. The Morgan fingerprint density at radius 2 is 1.91 bits per heavy atom. The molecule has 3 rings (SSSR count). The van der Waals surface area contributed by atoms with Crippen LogP contribution in [0.15, 0.2) is 36.4 Å². The molecular formula is C18H16Cl3N3O8S. The van der Waals surface area contributed by atoms with Gasteiger partial charge in [-0.2, -0.15) is 0 Å². The molecule has 2 saturated heterocycles. The van der Waals surface area contributed by atoms with Gasteiger partial charge in [0.1, 0.15) is 24.6 Å². The number of hydrogen-bond acceptors (Lipinski definition) is 8. The van der Waals surface area contributed by atoms with Gasteiger partial charge in [0.25, 0.3) is 11.6 Å². The summed E-state index contributed by atoms with van der Waals surface area (Å²) in [4.78, 5) is 48.4. The minimum atomic E-state index is -1.86. The second-order valence-corrected chi connectivity index (χ2v) is 11.1. The number of nitrogens with zero attached hydrogens (tertiary/aromatic N) is 2. The highest BCUT2D eigenvalue weighted by Crippen LogP contribution is 2.35. The Kier molecular flexibility index (Phi) is 7.52. The molecule has 1 N–H and O–H groups in total. The fourth-order valence-corrected chi connectivity index (χ4v) is 5.08. The van der Waals surface area contributed by atoms with Gasteiger partial charge in [0.05, 0.1) is 15.7 Å². The van der Waals surface area contributed by atoms with Crippen molar-refractivity contribution in [1.29, 1.82) is 0 Å². The predicted octanol–water partition coefficient (Wildman–Crippen LogP) is 1.96. The van der Waals surface area contributed by atoms with Gasteiger partial charge in [-0.3, -0.25) is 19.1 Å². The molecule has 4 atom stereocenters. The van der Waals surface area contributed by atoms with Crippen LogP contribution in [0.1, 0.15) is 5.56 Å². The number of β-lactam (4-membered cyclic amide) rings is 1. The zero-order chi connectivity index (χ0) is 24.5. The summed E-state index contributed by atoms with van der Waals surface area (Å²) in [6, 6.07) is 2.91. The number of carbonyl (C=O) groups excluding carboxylic acids is 3. The average molecular weight is 541 g/mol. The zero-order valence-corrected chi connectivity index (χ0v) is 19.7. The fraction of sp³-hybridized carbons (Fsp3) is 0.389. The molecule has 1 aromatic carbocycles. The molecule has 0 radical (unpaired) electrons. The van der Waals surface area contributed by atoms with E-state index in [2.05, 4.69) is 11.9 Å². The lowest BCUT2D eigenvalue weighted by atomic mass is 9.99. The van der Waals surface area contributed by atoms with E-state index in [0.717, 1.165) is 4.90 Å². The topological polar surface area (TPSA) is 145 Å². The number of amides is 2. The first-order valence-corrected chi connectivity index (χ1v) is 11.7. The van der Waals surface area contributed by atoms with E-state index in [0.29, 0.717) is 5.56 Å². The van der Waals surface area contributed by atoms with Gasteiger partial charge in [-0.1, -0.05) is 41.4 Å². The van der Waals surface area contributed by atoms with Crippen molar-refractivity contribution in [1.82, 2.24) is 10.2 Å². The molecule has 2 aliphatic heterocycles. The van der Waals surface area contributed by atoms with Crippen molar-refractivity contribution in [2.75, 3.05) is 12.4 Å². The summed E-state index contributed by atoms with van der Waals surface area (Å²) in [5.74, 6) is -1.68. The summed E-state index contributed by atoms with van der Waals surface area (Å²) >= 11 is 16.7. The van der Waals surface area contributed by atoms with Gasteiger partial charge >= 0.3 is 12.1 Å². The third kappa shape index (κ3) is 5.75. The molecule has 2 heterocycles. The number of rotatable bonds is 6. The monoisotopic (exact) mass is 539 g/mol. The molecule has 33 heavy (non-hydrogen) atoms. The maximum Gasteiger partial charge on any atom is 0.408 e. The van der Waals surface area contributed by atoms with Crippen LogP contribution < -0.4 is 5.32 Å². The molecule has 11 nitrogen and oxygen atoms in total. The number of fused-ring (bicyclic) bond motifs is 1. The third-order valence-corrected chi connectivity index (χ3v) is 6.75. The van der Waals surface area contributed by atoms with Crippen LogP contribution >= 0.6 is 34.8 Å². The highest BCUT2D eigenvalue weighted by atomic mass is 35.6. The quantitative estimate of drug-likeness (QED) is 0.144. The summed E-state index contributed by atoms with van der Waals surface area (Å²) in [7, 11) is -1.65. The number of alkyl halides is 3. The van der Waals surface area contributed by atoms with E-state index in [1.807, 2.05) is 0 Å². The lowest BCUT2D eigenvalue weighted by Crippen LogP contribution is -2.77. The number of hydrogen-bond donors (Lipinski definition) is 1. The number of carbonyl (C=O) groups is 3. The standard InChI is InChI=1S/C18H16Cl3N3O8S/c1-9-7-33(30)15-12(14(25)23(15)13(9)16(26)32-8-18(19,20)21)22-17(27)31-6-10-2-4-11(5-3-10)24(28)29/h2-5,12-13,15H,1,6-8H2,(H,22,27)/t12?,13?,15-,33?/m0/s1. The molecule has 15 heteroatoms. The van der Waals surface area contributed by atoms with Gasteiger partial charge in [0.15, 0.2) is 6.04 Å². The number of ether oxygens (including phenoxy) is 2. The minimum absolute atomic E-state index is 0.0992. The van der Waals surface area contributed by atoms with E-state index in [9.17, 15) is 28.7 Å². The molecule has 0 aliphatic carbocycles. The maximum absolute atomic E-state index is 12.6. The predicted molar refractivity (Wildman–Crippen MR) is 118 cm³/mol. The van der Waals surface area contributed by atoms with E-state index in [4.69, 9.17) is 44.3 Å². The molecule has 3 unspecified atom stereocenters. The molecule has 0 aromatic heterocycles. The van der Waals surface area contributed by atoms with Gasteiger partial charge in [0, 0.05) is 17.9 Å². The van der Waals surface area contributed by atoms with Gasteiger partial charge in [-0.05, 0) is 23.3 Å². The highest BCUT2D eigenvalue weighted by Gasteiger charge is 2.59. The number of esters is 1. The molecule has 2 amide bonds. The van der Waals surface area contributed by atoms with Crippen LogP contribution in [0.5, 0.6) is 0 Å². The van der Waals surface area contributed by atoms with Crippen molar-refractivity contribution in [2.24, 2.45) is 0 Å². The molecule has 178 valence electrons. The Balaban J connectivity index is 1.60. The summed E-state index contributed by atoms with van der Waals surface area (Å²) < 4.78 is 20.7. The van der Waals surface area contributed by atoms with Crippen LogP contribution in [-0.2, 0) is 36.5 Å². The van der Waals surface area contributed by atoms with Crippen LogP contribution in [0, 0.1) is 10.1 Å². The lowest BCUT2D eigenvalue weighted by molar-refractivity contribution is -0.384. The van der Waals surface area contributed by atoms with Crippen molar-refractivity contribution in [3.8, 4) is 0 Å². The summed E-state index contributed by atoms with van der Waals surface area (Å²) in [6.45, 7) is 2.91. The Hall–Kier alpha value is -2.41. The van der Waals surface area contributed by atoms with Crippen molar-refractivity contribution >= 4 is 69.3 Å². The number of halogens is 3. The second kappa shape index (κ2) is 9.84. The summed E-state index contributed by atoms with van der Waals surface area (Å²) in [5, 5.41) is 12.0. The Morgan fingerprint density at radius 3 is 2.48 bits per heavy atom. The van der Waals surface area contributed by atoms with E-state index in [-0.39, 0.29) is 23.6 Å². The Morgan fingerprint density at radius 1 is 1.27 bits per heavy atom. The second-order valence-electron chi connectivity index (χ2n) is 7.07. The number of non-ortho nitro benzene ring substituents is 1. The molecule has 2 aliphatic rings. The third-order valence-electron chi connectivity index (χ3n) is 4.73. The Bertz CT molecular complexity index is 1030. The van der Waals surface area contributed by atoms with Crippen LogP contribution in [0.4, 0.5) is 10.5 Å². The normalized spacial score (nSPS) is 24.4. The number of benzene rings is 1. The number of alkyl carbamates (subject to hydrolysis) is 1. The van der Waals surface area contributed by atoms with Crippen LogP contribution in [0.25, 0.3) is 0 Å². The summed E-state index contributed by atoms with van der Waals surface area (Å²) in [6.07, 6.45) is -0.969. The van der Waals surface area contributed by atoms with Crippen molar-refractivity contribution in [3.05, 3.63) is 52.1 Å². The van der Waals surface area contributed by atoms with E-state index in [1.165, 1.54) is 24.3 Å². The highest BCUT2D eigenvalue weighted by molar-refractivity contribution is 7.86. The van der Waals surface area contributed by atoms with E-state index in [1.54, 1.807) is 0 Å². The smallest absolute Gasteiger partial charge is 0.408 e. The van der Waals surface area contributed by atoms with E-state index < -0.39 is 61.5 Å². The first-order chi connectivity index (χ1) is 15.4. The molecule has 0 saturated carbocycles. The SMILES string of the molecule is C=C1CS(=O)[C@H]2C(NC(=O)OCc3ccc([N+](=O)[O-])cc3)C(=O)N2C1C(=O)OCC(Cl)(Cl)Cl. The van der Waals surface area contributed by atoms with Crippen molar-refractivity contribution in [2.45, 2.75) is 27.9 Å². The molecular weight excluding hydrogens is 525 g/mol. The summed E-state index contributed by atoms with van der Waals surface area (Å²) in [5.41, 5.74) is 0.546. The zero-order valence-electron chi connectivity index (χ0n) is 16.6. The van der Waals surface area contributed by atoms with Gasteiger partial charge in [-0.15, -0.1) is 0 Å². The largest absolute Gasteiger partial charge is 0.459 e. The minimum Gasteiger partial charge on any atom is -0.459 e. The Labute approximate surface area is 204 Å². The van der Waals surface area contributed by atoms with Crippen LogP contribution in [0.2, 0.25) is 0 Å². The molecule has 0 bridgehead atoms. The maximum atomic E-state index is 12.6. The fourth-order valence-electron chi connectivity index (χ4n) is 3.26. The molecule has 1 aromatic rings. The van der Waals surface area contributed by atoms with Crippen molar-refractivity contribution in [3.63, 3.8) is 0 Å². The van der Waals surface area contributed by atoms with Gasteiger partial charge < -0.3 is 19.7 Å². The lowest BCUT2D eigenvalue weighted by Gasteiger charge is -2.52. The van der Waals surface area contributed by atoms with Gasteiger partial charge in [-0.25, -0.2) is 9.59 Å². The van der Waals surface area contributed by atoms with Crippen molar-refractivity contribution < 1.29 is 33.0 Å².